The zero-order chi connectivity index (χ0) is 16.2. The highest BCUT2D eigenvalue weighted by Gasteiger charge is 2.29. The van der Waals surface area contributed by atoms with Crippen molar-refractivity contribution in [3.8, 4) is 0 Å². The van der Waals surface area contributed by atoms with Crippen LogP contribution in [0, 0.1) is 13.8 Å². The van der Waals surface area contributed by atoms with E-state index in [9.17, 15) is 4.79 Å². The quantitative estimate of drug-likeness (QED) is 0.857. The van der Waals surface area contributed by atoms with Gasteiger partial charge in [-0.15, -0.1) is 11.3 Å². The van der Waals surface area contributed by atoms with E-state index in [2.05, 4.69) is 15.0 Å². The molecule has 122 valence electrons. The number of hydrogen-bond acceptors (Lipinski definition) is 6. The molecule has 0 bridgehead atoms. The molecule has 1 saturated heterocycles. The molecule has 0 saturated carbocycles. The third-order valence-corrected chi connectivity index (χ3v) is 5.04. The second-order valence-electron chi connectivity index (χ2n) is 5.62. The van der Waals surface area contributed by atoms with Gasteiger partial charge in [0.05, 0.1) is 41.8 Å². The maximum absolute atomic E-state index is 12.8. The zero-order valence-corrected chi connectivity index (χ0v) is 14.2. The molecule has 3 rings (SSSR count). The summed E-state index contributed by atoms with van der Waals surface area (Å²) < 4.78 is 5.59. The number of aryl methyl sites for hydroxylation is 3. The van der Waals surface area contributed by atoms with Gasteiger partial charge in [0.1, 0.15) is 4.88 Å². The molecule has 0 aromatic carbocycles. The van der Waals surface area contributed by atoms with Crippen molar-refractivity contribution in [2.75, 3.05) is 19.8 Å². The van der Waals surface area contributed by atoms with E-state index < -0.39 is 0 Å². The topological polar surface area (TPSA) is 68.2 Å². The molecule has 1 aliphatic heterocycles. The smallest absolute Gasteiger partial charge is 0.266 e. The summed E-state index contributed by atoms with van der Waals surface area (Å²) in [6.45, 7) is 5.62. The first-order chi connectivity index (χ1) is 11.2. The van der Waals surface area contributed by atoms with Crippen molar-refractivity contribution >= 4 is 17.2 Å². The van der Waals surface area contributed by atoms with Crippen LogP contribution in [0.2, 0.25) is 0 Å². The van der Waals surface area contributed by atoms with Crippen LogP contribution >= 0.6 is 11.3 Å². The number of morpholine rings is 1. The maximum atomic E-state index is 12.8. The van der Waals surface area contributed by atoms with Gasteiger partial charge in [-0.25, -0.2) is 4.98 Å². The SMILES string of the molecule is Cc1nccnc1CC[C@@H]1COCCN1C(=O)c1scnc1C. The van der Waals surface area contributed by atoms with Crippen LogP contribution in [0.25, 0.3) is 0 Å². The van der Waals surface area contributed by atoms with Crippen molar-refractivity contribution in [3.63, 3.8) is 0 Å². The number of nitrogens with zero attached hydrogens (tertiary/aromatic N) is 4. The molecular formula is C16H20N4O2S. The minimum atomic E-state index is 0.0640. The molecule has 1 amide bonds. The molecule has 6 nitrogen and oxygen atoms in total. The third-order valence-electron chi connectivity index (χ3n) is 4.13. The van der Waals surface area contributed by atoms with E-state index in [1.807, 2.05) is 18.7 Å². The fourth-order valence-electron chi connectivity index (χ4n) is 2.78. The predicted octanol–water partition coefficient (Wildman–Crippen LogP) is 2.02. The van der Waals surface area contributed by atoms with E-state index in [1.165, 1.54) is 11.3 Å². The lowest BCUT2D eigenvalue weighted by molar-refractivity contribution is -0.00393. The molecule has 2 aromatic rings. The molecule has 1 atom stereocenters. The summed E-state index contributed by atoms with van der Waals surface area (Å²) in [6, 6.07) is 0.0687. The van der Waals surface area contributed by atoms with Crippen LogP contribution in [0.5, 0.6) is 0 Å². The van der Waals surface area contributed by atoms with Crippen molar-refractivity contribution in [2.24, 2.45) is 0 Å². The van der Waals surface area contributed by atoms with Gasteiger partial charge in [-0.2, -0.15) is 0 Å². The van der Waals surface area contributed by atoms with Gasteiger partial charge in [0, 0.05) is 18.9 Å². The van der Waals surface area contributed by atoms with Crippen LogP contribution in [0.1, 0.15) is 33.2 Å². The van der Waals surface area contributed by atoms with Crippen LogP contribution in [0.4, 0.5) is 0 Å². The summed E-state index contributed by atoms with van der Waals surface area (Å²) in [5.41, 5.74) is 4.45. The lowest BCUT2D eigenvalue weighted by atomic mass is 10.1. The Bertz CT molecular complexity index is 688. The molecule has 0 unspecified atom stereocenters. The summed E-state index contributed by atoms with van der Waals surface area (Å²) in [6.07, 6.45) is 5.02. The van der Waals surface area contributed by atoms with Gasteiger partial charge in [-0.3, -0.25) is 14.8 Å². The number of thiazole rings is 1. The number of amides is 1. The van der Waals surface area contributed by atoms with Crippen molar-refractivity contribution in [3.05, 3.63) is 39.9 Å². The van der Waals surface area contributed by atoms with Gasteiger partial charge in [0.15, 0.2) is 0 Å². The van der Waals surface area contributed by atoms with E-state index >= 15 is 0 Å². The Morgan fingerprint density at radius 2 is 2.13 bits per heavy atom. The molecule has 0 spiro atoms. The molecule has 1 aliphatic rings. The fourth-order valence-corrected chi connectivity index (χ4v) is 3.54. The van der Waals surface area contributed by atoms with Gasteiger partial charge in [-0.05, 0) is 26.7 Å². The highest BCUT2D eigenvalue weighted by atomic mass is 32.1. The molecule has 23 heavy (non-hydrogen) atoms. The fraction of sp³-hybridized carbons (Fsp3) is 0.500. The first-order valence-corrected chi connectivity index (χ1v) is 8.60. The van der Waals surface area contributed by atoms with E-state index in [0.717, 1.165) is 34.8 Å². The third kappa shape index (κ3) is 3.56. The average molecular weight is 332 g/mol. The van der Waals surface area contributed by atoms with Crippen molar-refractivity contribution < 1.29 is 9.53 Å². The van der Waals surface area contributed by atoms with Crippen LogP contribution < -0.4 is 0 Å². The van der Waals surface area contributed by atoms with Crippen LogP contribution in [-0.2, 0) is 11.2 Å². The van der Waals surface area contributed by atoms with Crippen molar-refractivity contribution in [2.45, 2.75) is 32.7 Å². The zero-order valence-electron chi connectivity index (χ0n) is 13.4. The summed E-state index contributed by atoms with van der Waals surface area (Å²) in [4.78, 5) is 28.3. The molecule has 0 aliphatic carbocycles. The number of rotatable bonds is 4. The summed E-state index contributed by atoms with van der Waals surface area (Å²) >= 11 is 1.40. The Kier molecular flexibility index (Phi) is 4.97. The molecule has 2 aromatic heterocycles. The lowest BCUT2D eigenvalue weighted by Crippen LogP contribution is -2.48. The summed E-state index contributed by atoms with van der Waals surface area (Å²) in [7, 11) is 0. The molecule has 0 N–H and O–H groups in total. The Morgan fingerprint density at radius 3 is 2.87 bits per heavy atom. The summed E-state index contributed by atoms with van der Waals surface area (Å²) in [5.74, 6) is 0.0640. The average Bonchev–Trinajstić information content (AvgIpc) is 3.00. The number of hydrogen-bond donors (Lipinski definition) is 0. The van der Waals surface area contributed by atoms with Gasteiger partial charge in [0.2, 0.25) is 0 Å². The first kappa shape index (κ1) is 16.0. The molecule has 7 heteroatoms. The second-order valence-corrected chi connectivity index (χ2v) is 6.48. The second kappa shape index (κ2) is 7.14. The minimum absolute atomic E-state index is 0.0640. The Labute approximate surface area is 139 Å². The van der Waals surface area contributed by atoms with Gasteiger partial charge in [-0.1, -0.05) is 0 Å². The normalized spacial score (nSPS) is 18.2. The molecular weight excluding hydrogens is 312 g/mol. The Balaban J connectivity index is 1.70. The monoisotopic (exact) mass is 332 g/mol. The first-order valence-electron chi connectivity index (χ1n) is 7.72. The van der Waals surface area contributed by atoms with E-state index in [1.54, 1.807) is 17.9 Å². The maximum Gasteiger partial charge on any atom is 0.266 e. The van der Waals surface area contributed by atoms with Crippen LogP contribution in [0.15, 0.2) is 17.9 Å². The number of aromatic nitrogens is 3. The van der Waals surface area contributed by atoms with Crippen LogP contribution in [0.3, 0.4) is 0 Å². The summed E-state index contributed by atoms with van der Waals surface area (Å²) in [5, 5.41) is 0. The largest absolute Gasteiger partial charge is 0.377 e. The van der Waals surface area contributed by atoms with Crippen molar-refractivity contribution in [1.82, 2.24) is 19.9 Å². The van der Waals surface area contributed by atoms with E-state index in [-0.39, 0.29) is 11.9 Å². The van der Waals surface area contributed by atoms with Crippen LogP contribution in [-0.4, -0.2) is 51.6 Å². The van der Waals surface area contributed by atoms with E-state index in [0.29, 0.717) is 19.8 Å². The minimum Gasteiger partial charge on any atom is -0.377 e. The molecule has 0 radical (unpaired) electrons. The van der Waals surface area contributed by atoms with E-state index in [4.69, 9.17) is 4.74 Å². The highest BCUT2D eigenvalue weighted by Crippen LogP contribution is 2.21. The Morgan fingerprint density at radius 1 is 1.30 bits per heavy atom. The molecule has 3 heterocycles. The van der Waals surface area contributed by atoms with Gasteiger partial charge < -0.3 is 9.64 Å². The number of ether oxygens (including phenoxy) is 1. The van der Waals surface area contributed by atoms with Gasteiger partial charge in [0.25, 0.3) is 5.91 Å². The number of carbonyl (C=O) groups is 1. The molecule has 1 fully saturated rings. The van der Waals surface area contributed by atoms with Gasteiger partial charge >= 0.3 is 0 Å². The number of carbonyl (C=O) groups excluding carboxylic acids is 1. The predicted molar refractivity (Wildman–Crippen MR) is 87.6 cm³/mol. The Hall–Kier alpha value is -1.86. The van der Waals surface area contributed by atoms with Crippen molar-refractivity contribution in [1.29, 1.82) is 0 Å². The highest BCUT2D eigenvalue weighted by molar-refractivity contribution is 7.11. The lowest BCUT2D eigenvalue weighted by Gasteiger charge is -2.35. The standard InChI is InChI=1S/C16H20N4O2S/c1-11-14(18-6-5-17-11)4-3-13-9-22-8-7-20(13)16(21)15-12(2)19-10-23-15/h5-6,10,13H,3-4,7-9H2,1-2H3/t13-/m1/s1.